The number of carboxylic acids is 1. The monoisotopic (exact) mass is 374 g/mol. The van der Waals surface area contributed by atoms with Gasteiger partial charge in [-0.05, 0) is 42.0 Å². The molecule has 1 aliphatic heterocycles. The maximum absolute atomic E-state index is 12.9. The highest BCUT2D eigenvalue weighted by molar-refractivity contribution is 5.97. The second kappa shape index (κ2) is 7.32. The number of carboxylic acid groups (broad SMARTS) is 2. The molecule has 8 nitrogen and oxygen atoms in total. The number of carbonyl (C=O) groups excluding carboxylic acids is 1. The predicted octanol–water partition coefficient (Wildman–Crippen LogP) is 2.99. The van der Waals surface area contributed by atoms with Gasteiger partial charge in [-0.3, -0.25) is 0 Å². The summed E-state index contributed by atoms with van der Waals surface area (Å²) < 4.78 is 18.5. The first-order valence-corrected chi connectivity index (χ1v) is 7.91. The smallest absolute Gasteiger partial charge is 0.416 e. The third-order valence-electron chi connectivity index (χ3n) is 4.02. The van der Waals surface area contributed by atoms with Crippen LogP contribution in [0.5, 0.6) is 11.5 Å². The minimum atomic E-state index is -1.60. The molecule has 2 aromatic carbocycles. The van der Waals surface area contributed by atoms with Crippen LogP contribution in [0.3, 0.4) is 0 Å². The molecule has 0 bridgehead atoms. The van der Waals surface area contributed by atoms with Crippen LogP contribution in [0, 0.1) is 5.82 Å². The fraction of sp³-hybridized carbons (Fsp3) is 0.167. The molecule has 1 fully saturated rings. The molecule has 2 aromatic rings. The van der Waals surface area contributed by atoms with E-state index in [2.05, 4.69) is 0 Å². The summed E-state index contributed by atoms with van der Waals surface area (Å²) in [4.78, 5) is 35.9. The third-order valence-corrected chi connectivity index (χ3v) is 4.02. The molecule has 0 spiro atoms. The highest BCUT2D eigenvalue weighted by atomic mass is 19.1. The molecule has 1 unspecified atom stereocenters. The van der Waals surface area contributed by atoms with Crippen LogP contribution in [0.2, 0.25) is 0 Å². The number of halogens is 1. The maximum atomic E-state index is 12.9. The number of urea groups is 1. The predicted molar refractivity (Wildman–Crippen MR) is 90.0 cm³/mol. The number of rotatable bonds is 5. The van der Waals surface area contributed by atoms with Gasteiger partial charge >= 0.3 is 18.1 Å². The van der Waals surface area contributed by atoms with Gasteiger partial charge in [-0.15, -0.1) is 0 Å². The van der Waals surface area contributed by atoms with Crippen molar-refractivity contribution < 1.29 is 33.7 Å². The third kappa shape index (κ3) is 3.97. The van der Waals surface area contributed by atoms with E-state index in [0.717, 1.165) is 4.90 Å². The summed E-state index contributed by atoms with van der Waals surface area (Å²) in [6, 6.07) is 9.84. The lowest BCUT2D eigenvalue weighted by molar-refractivity contribution is -0.140. The van der Waals surface area contributed by atoms with Gasteiger partial charge in [0, 0.05) is 6.54 Å². The Kier molecular flexibility index (Phi) is 4.93. The van der Waals surface area contributed by atoms with Crippen molar-refractivity contribution in [3.8, 4) is 11.5 Å². The Labute approximate surface area is 153 Å². The Balaban J connectivity index is 1.67. The van der Waals surface area contributed by atoms with E-state index in [1.165, 1.54) is 24.3 Å². The Bertz CT molecular complexity index is 868. The Morgan fingerprint density at radius 1 is 1.04 bits per heavy atom. The molecule has 0 aromatic heterocycles. The zero-order chi connectivity index (χ0) is 19.6. The second-order valence-electron chi connectivity index (χ2n) is 5.87. The molecule has 0 saturated carbocycles. The molecular weight excluding hydrogens is 359 g/mol. The number of hydrogen-bond acceptors (Lipinski definition) is 4. The molecule has 1 saturated heterocycles. The largest absolute Gasteiger partial charge is 0.480 e. The van der Waals surface area contributed by atoms with Crippen LogP contribution in [-0.4, -0.2) is 50.7 Å². The van der Waals surface area contributed by atoms with Gasteiger partial charge < -0.3 is 19.8 Å². The normalized spacial score (nSPS) is 16.5. The van der Waals surface area contributed by atoms with Crippen molar-refractivity contribution in [1.82, 2.24) is 9.80 Å². The number of benzene rings is 2. The molecule has 3 rings (SSSR count). The Morgan fingerprint density at radius 2 is 1.59 bits per heavy atom. The highest BCUT2D eigenvalue weighted by Gasteiger charge is 2.45. The molecule has 140 valence electrons. The molecule has 1 atom stereocenters. The quantitative estimate of drug-likeness (QED) is 0.833. The van der Waals surface area contributed by atoms with Crippen molar-refractivity contribution in [2.24, 2.45) is 0 Å². The summed E-state index contributed by atoms with van der Waals surface area (Å²) >= 11 is 0. The lowest BCUT2D eigenvalue weighted by atomic mass is 10.2. The Hall–Kier alpha value is -3.62. The zero-order valence-corrected chi connectivity index (χ0v) is 13.9. The first-order valence-electron chi connectivity index (χ1n) is 7.91. The van der Waals surface area contributed by atoms with Crippen molar-refractivity contribution >= 4 is 18.1 Å². The van der Waals surface area contributed by atoms with E-state index in [0.29, 0.717) is 22.0 Å². The van der Waals surface area contributed by atoms with Crippen molar-refractivity contribution in [1.29, 1.82) is 0 Å². The van der Waals surface area contributed by atoms with E-state index in [-0.39, 0.29) is 18.9 Å². The molecule has 27 heavy (non-hydrogen) atoms. The van der Waals surface area contributed by atoms with Gasteiger partial charge in [-0.1, -0.05) is 12.1 Å². The number of imide groups is 1. The summed E-state index contributed by atoms with van der Waals surface area (Å²) in [5.74, 6) is -0.798. The minimum Gasteiger partial charge on any atom is -0.480 e. The first kappa shape index (κ1) is 18.2. The fourth-order valence-electron chi connectivity index (χ4n) is 2.71. The van der Waals surface area contributed by atoms with Gasteiger partial charge in [-0.2, -0.15) is 0 Å². The van der Waals surface area contributed by atoms with Crippen molar-refractivity contribution in [2.75, 3.05) is 6.54 Å². The number of aliphatic carboxylic acids is 1. The van der Waals surface area contributed by atoms with Gasteiger partial charge in [0.25, 0.3) is 0 Å². The summed E-state index contributed by atoms with van der Waals surface area (Å²) in [6.45, 7) is -0.169. The van der Waals surface area contributed by atoms with Crippen molar-refractivity contribution in [3.63, 3.8) is 0 Å². The molecule has 9 heteroatoms. The lowest BCUT2D eigenvalue weighted by Crippen LogP contribution is -2.43. The van der Waals surface area contributed by atoms with E-state index < -0.39 is 24.1 Å². The van der Waals surface area contributed by atoms with Gasteiger partial charge in [-0.25, -0.2) is 23.7 Å². The second-order valence-corrected chi connectivity index (χ2v) is 5.87. The number of carbonyl (C=O) groups is 3. The fourth-order valence-corrected chi connectivity index (χ4v) is 2.71. The SMILES string of the molecule is O=C(O)C1CN(Cc2ccc(Oc3ccc(F)cc3)cc2)C(=O)N1C(=O)O. The maximum Gasteiger partial charge on any atom is 0.416 e. The summed E-state index contributed by atoms with van der Waals surface area (Å²) in [5.41, 5.74) is 0.672. The first-order chi connectivity index (χ1) is 12.8. The highest BCUT2D eigenvalue weighted by Crippen LogP contribution is 2.24. The van der Waals surface area contributed by atoms with E-state index in [4.69, 9.17) is 14.9 Å². The van der Waals surface area contributed by atoms with Gasteiger partial charge in [0.15, 0.2) is 6.04 Å². The summed E-state index contributed by atoms with van der Waals surface area (Å²) in [6.07, 6.45) is -1.60. The van der Waals surface area contributed by atoms with Crippen LogP contribution in [0.4, 0.5) is 14.0 Å². The van der Waals surface area contributed by atoms with Gasteiger partial charge in [0.1, 0.15) is 17.3 Å². The van der Waals surface area contributed by atoms with Crippen molar-refractivity contribution in [2.45, 2.75) is 12.6 Å². The van der Waals surface area contributed by atoms with Gasteiger partial charge in [0.05, 0.1) is 6.54 Å². The Morgan fingerprint density at radius 3 is 2.07 bits per heavy atom. The van der Waals surface area contributed by atoms with Crippen molar-refractivity contribution in [3.05, 3.63) is 59.9 Å². The molecule has 0 radical (unpaired) electrons. The van der Waals surface area contributed by atoms with Crippen LogP contribution >= 0.6 is 0 Å². The van der Waals surface area contributed by atoms with Crippen LogP contribution in [0.25, 0.3) is 0 Å². The molecule has 2 N–H and O–H groups in total. The number of nitrogens with zero attached hydrogens (tertiary/aromatic N) is 2. The van der Waals surface area contributed by atoms with Crippen LogP contribution in [-0.2, 0) is 11.3 Å². The van der Waals surface area contributed by atoms with Gasteiger partial charge in [0.2, 0.25) is 0 Å². The topological polar surface area (TPSA) is 107 Å². The lowest BCUT2D eigenvalue weighted by Gasteiger charge is -2.16. The summed E-state index contributed by atoms with van der Waals surface area (Å²) in [7, 11) is 0. The molecule has 0 aliphatic carbocycles. The average molecular weight is 374 g/mol. The standard InChI is InChI=1S/C18H15FN2O6/c19-12-3-7-14(8-4-12)27-13-5-1-11(2-6-13)9-20-10-15(16(22)23)21(17(20)24)18(25)26/h1-8,15H,9-10H2,(H,22,23)(H,25,26). The van der Waals surface area contributed by atoms with E-state index in [9.17, 15) is 18.8 Å². The van der Waals surface area contributed by atoms with Crippen LogP contribution < -0.4 is 4.74 Å². The number of hydrogen-bond donors (Lipinski definition) is 2. The van der Waals surface area contributed by atoms with Crippen LogP contribution in [0.1, 0.15) is 5.56 Å². The zero-order valence-electron chi connectivity index (χ0n) is 13.9. The van der Waals surface area contributed by atoms with E-state index in [1.54, 1.807) is 24.3 Å². The molecular formula is C18H15FN2O6. The molecule has 3 amide bonds. The molecule has 1 aliphatic rings. The summed E-state index contributed by atoms with van der Waals surface area (Å²) in [5, 5.41) is 18.2. The van der Waals surface area contributed by atoms with Crippen LogP contribution in [0.15, 0.2) is 48.5 Å². The van der Waals surface area contributed by atoms with E-state index in [1.807, 2.05) is 0 Å². The molecule has 1 heterocycles. The number of amides is 3. The minimum absolute atomic E-state index is 0.0588. The van der Waals surface area contributed by atoms with E-state index >= 15 is 0 Å². The average Bonchev–Trinajstić information content (AvgIpc) is 2.95. The number of ether oxygens (including phenoxy) is 1.